The van der Waals surface area contributed by atoms with Crippen LogP contribution in [0.5, 0.6) is 0 Å². The van der Waals surface area contributed by atoms with Gasteiger partial charge in [0.15, 0.2) is 5.82 Å². The minimum Gasteiger partial charge on any atom is -0.444 e. The highest BCUT2D eigenvalue weighted by atomic mass is 16.6. The molecule has 0 saturated heterocycles. The number of nitrogens with zero attached hydrogens (tertiary/aromatic N) is 4. The number of amides is 1. The van der Waals surface area contributed by atoms with E-state index in [4.69, 9.17) is 4.74 Å². The summed E-state index contributed by atoms with van der Waals surface area (Å²) in [6, 6.07) is 4.91. The fourth-order valence-electron chi connectivity index (χ4n) is 3.07. The van der Waals surface area contributed by atoms with Crippen LogP contribution in [-0.2, 0) is 11.8 Å². The molecule has 2 rings (SSSR count). The molecule has 2 N–H and O–H groups in total. The maximum absolute atomic E-state index is 11.7. The fraction of sp³-hybridized carbons (Fsp3) is 0.571. The molecule has 0 unspecified atom stereocenters. The van der Waals surface area contributed by atoms with Gasteiger partial charge < -0.3 is 19.9 Å². The quantitative estimate of drug-likeness (QED) is 0.346. The topological polar surface area (TPSA) is 124 Å². The summed E-state index contributed by atoms with van der Waals surface area (Å²) in [6.45, 7) is 9.77. The summed E-state index contributed by atoms with van der Waals surface area (Å²) in [5, 5.41) is 25.9. The van der Waals surface area contributed by atoms with Gasteiger partial charge in [-0.1, -0.05) is 6.07 Å². The van der Waals surface area contributed by atoms with E-state index in [-0.39, 0.29) is 11.7 Å². The number of aromatic nitrogens is 3. The van der Waals surface area contributed by atoms with E-state index in [1.54, 1.807) is 16.7 Å². The molecule has 0 aliphatic rings. The number of nitro benzene ring substituents is 1. The lowest BCUT2D eigenvalue weighted by Gasteiger charge is -2.20. The molecule has 10 nitrogen and oxygen atoms in total. The van der Waals surface area contributed by atoms with E-state index >= 15 is 0 Å². The van der Waals surface area contributed by atoms with Gasteiger partial charge in [0.1, 0.15) is 17.1 Å². The molecule has 0 aliphatic carbocycles. The Morgan fingerprint density at radius 3 is 2.58 bits per heavy atom. The Morgan fingerprint density at radius 1 is 1.29 bits per heavy atom. The predicted octanol–water partition coefficient (Wildman–Crippen LogP) is 4.19. The molecule has 2 aromatic rings. The largest absolute Gasteiger partial charge is 0.444 e. The monoisotopic (exact) mass is 432 g/mol. The van der Waals surface area contributed by atoms with Crippen molar-refractivity contribution in [2.75, 3.05) is 11.9 Å². The Morgan fingerprint density at radius 2 is 2.00 bits per heavy atom. The summed E-state index contributed by atoms with van der Waals surface area (Å²) in [6.07, 6.45) is 1.96. The van der Waals surface area contributed by atoms with Gasteiger partial charge in [0, 0.05) is 31.3 Å². The predicted molar refractivity (Wildman–Crippen MR) is 119 cm³/mol. The number of rotatable bonds is 9. The van der Waals surface area contributed by atoms with Gasteiger partial charge in [0.25, 0.3) is 5.69 Å². The summed E-state index contributed by atoms with van der Waals surface area (Å²) in [5.41, 5.74) is 0.543. The molecule has 0 aliphatic heterocycles. The number of nitrogens with one attached hydrogen (secondary N) is 2. The summed E-state index contributed by atoms with van der Waals surface area (Å²) in [5.74, 6) is 1.29. The number of alkyl carbamates (subject to hydrolysis) is 1. The van der Waals surface area contributed by atoms with Gasteiger partial charge in [-0.25, -0.2) is 4.79 Å². The summed E-state index contributed by atoms with van der Waals surface area (Å²) < 4.78 is 7.01. The minimum atomic E-state index is -0.522. The third kappa shape index (κ3) is 6.94. The van der Waals surface area contributed by atoms with Crippen molar-refractivity contribution in [2.45, 2.75) is 65.5 Å². The molecule has 170 valence electrons. The van der Waals surface area contributed by atoms with Crippen molar-refractivity contribution >= 4 is 17.5 Å². The maximum atomic E-state index is 11.7. The molecule has 1 atom stereocenters. The van der Waals surface area contributed by atoms with Crippen molar-refractivity contribution in [3.63, 3.8) is 0 Å². The molecule has 10 heteroatoms. The van der Waals surface area contributed by atoms with Crippen molar-refractivity contribution in [2.24, 2.45) is 7.05 Å². The van der Waals surface area contributed by atoms with Crippen molar-refractivity contribution in [1.82, 2.24) is 20.1 Å². The molecular weight excluding hydrogens is 400 g/mol. The second-order valence-corrected chi connectivity index (χ2v) is 8.56. The highest BCUT2D eigenvalue weighted by Gasteiger charge is 2.23. The van der Waals surface area contributed by atoms with Crippen LogP contribution in [0.1, 0.15) is 52.8 Å². The molecule has 1 amide bonds. The molecule has 0 bridgehead atoms. The van der Waals surface area contributed by atoms with Gasteiger partial charge >= 0.3 is 6.09 Å². The molecule has 0 radical (unpaired) electrons. The molecule has 0 saturated carbocycles. The Hall–Kier alpha value is -3.17. The first-order valence-corrected chi connectivity index (χ1v) is 10.4. The van der Waals surface area contributed by atoms with E-state index in [0.29, 0.717) is 23.6 Å². The van der Waals surface area contributed by atoms with E-state index in [9.17, 15) is 14.9 Å². The molecule has 31 heavy (non-hydrogen) atoms. The van der Waals surface area contributed by atoms with Gasteiger partial charge in [-0.3, -0.25) is 10.1 Å². The van der Waals surface area contributed by atoms with E-state index in [0.717, 1.165) is 25.1 Å². The summed E-state index contributed by atoms with van der Waals surface area (Å²) in [4.78, 5) is 22.9. The number of nitro groups is 1. The third-order valence-corrected chi connectivity index (χ3v) is 4.70. The number of ether oxygens (including phenoxy) is 1. The van der Waals surface area contributed by atoms with E-state index < -0.39 is 16.6 Å². The van der Waals surface area contributed by atoms with Gasteiger partial charge in [-0.2, -0.15) is 0 Å². The fourth-order valence-corrected chi connectivity index (χ4v) is 3.07. The van der Waals surface area contributed by atoms with E-state index in [1.807, 2.05) is 41.7 Å². The van der Waals surface area contributed by atoms with Crippen molar-refractivity contribution in [3.8, 4) is 11.4 Å². The highest BCUT2D eigenvalue weighted by Crippen LogP contribution is 2.35. The first-order chi connectivity index (χ1) is 14.5. The van der Waals surface area contributed by atoms with E-state index in [1.165, 1.54) is 6.07 Å². The van der Waals surface area contributed by atoms with Crippen LogP contribution in [0.2, 0.25) is 0 Å². The first-order valence-electron chi connectivity index (χ1n) is 10.4. The number of carbonyl (C=O) groups excluding carboxylic acids is 1. The lowest BCUT2D eigenvalue weighted by atomic mass is 10.1. The van der Waals surface area contributed by atoms with Crippen molar-refractivity contribution in [1.29, 1.82) is 0 Å². The smallest absolute Gasteiger partial charge is 0.407 e. The third-order valence-electron chi connectivity index (χ3n) is 4.70. The zero-order valence-corrected chi connectivity index (χ0v) is 19.1. The maximum Gasteiger partial charge on any atom is 0.407 e. The summed E-state index contributed by atoms with van der Waals surface area (Å²) >= 11 is 0. The average molecular weight is 433 g/mol. The minimum absolute atomic E-state index is 0.00315. The van der Waals surface area contributed by atoms with Crippen molar-refractivity contribution in [3.05, 3.63) is 34.1 Å². The summed E-state index contributed by atoms with van der Waals surface area (Å²) in [7, 11) is 1.83. The van der Waals surface area contributed by atoms with Gasteiger partial charge in [0.05, 0.1) is 4.92 Å². The Balaban J connectivity index is 1.99. The Kier molecular flexibility index (Phi) is 7.95. The van der Waals surface area contributed by atoms with Crippen LogP contribution in [0.25, 0.3) is 11.4 Å². The molecule has 1 heterocycles. The molecule has 1 aromatic heterocycles. The number of unbranched alkanes of at least 4 members (excludes halogenated alkanes) is 1. The number of hydrogen-bond acceptors (Lipinski definition) is 7. The number of benzene rings is 1. The number of aryl methyl sites for hydroxylation is 1. The van der Waals surface area contributed by atoms with Crippen LogP contribution in [0.4, 0.5) is 16.2 Å². The van der Waals surface area contributed by atoms with Gasteiger partial charge in [-0.05, 0) is 59.9 Å². The standard InChI is InChI=1S/C21H32N6O4/c1-14(10-7-8-13-22-20(28)31-21(3,4)5)23-18-16(11-9-12-17(18)27(29)30)19-25-24-15(2)26(19)6/h9,11-12,14,23H,7-8,10,13H2,1-6H3,(H,22,28)/t14-/m1/s1. The highest BCUT2D eigenvalue weighted by molar-refractivity contribution is 5.81. The Bertz CT molecular complexity index is 919. The normalized spacial score (nSPS) is 12.3. The lowest BCUT2D eigenvalue weighted by molar-refractivity contribution is -0.383. The number of carbonyl (C=O) groups is 1. The second-order valence-electron chi connectivity index (χ2n) is 8.56. The van der Waals surface area contributed by atoms with Gasteiger partial charge in [0.2, 0.25) is 0 Å². The zero-order valence-electron chi connectivity index (χ0n) is 19.1. The average Bonchev–Trinajstić information content (AvgIpc) is 2.98. The van der Waals surface area contributed by atoms with Gasteiger partial charge in [-0.15, -0.1) is 10.2 Å². The molecule has 1 aromatic carbocycles. The number of para-hydroxylation sites is 1. The lowest BCUT2D eigenvalue weighted by Crippen LogP contribution is -2.33. The molecule has 0 fully saturated rings. The van der Waals surface area contributed by atoms with Crippen LogP contribution in [0.15, 0.2) is 18.2 Å². The zero-order chi connectivity index (χ0) is 23.2. The number of hydrogen-bond donors (Lipinski definition) is 2. The number of anilines is 1. The first kappa shape index (κ1) is 24.1. The van der Waals surface area contributed by atoms with E-state index in [2.05, 4.69) is 20.8 Å². The SMILES string of the molecule is Cc1nnc(-c2cccc([N+](=O)[O-])c2N[C@H](C)CCCCNC(=O)OC(C)(C)C)n1C. The Labute approximate surface area is 182 Å². The van der Waals surface area contributed by atoms with Crippen LogP contribution >= 0.6 is 0 Å². The molecular formula is C21H32N6O4. The van der Waals surface area contributed by atoms with Crippen molar-refractivity contribution < 1.29 is 14.5 Å². The van der Waals surface area contributed by atoms with Crippen LogP contribution in [-0.4, -0.2) is 44.0 Å². The van der Waals surface area contributed by atoms with Crippen LogP contribution < -0.4 is 10.6 Å². The molecule has 0 spiro atoms. The second kappa shape index (κ2) is 10.2. The van der Waals surface area contributed by atoms with Crippen LogP contribution in [0.3, 0.4) is 0 Å². The van der Waals surface area contributed by atoms with Crippen LogP contribution in [0, 0.1) is 17.0 Å².